The number of hydrogen-bond acceptors (Lipinski definition) is 5. The summed E-state index contributed by atoms with van der Waals surface area (Å²) in [6, 6.07) is 23.0. The van der Waals surface area contributed by atoms with Crippen molar-refractivity contribution in [1.29, 1.82) is 0 Å². The molecule has 0 amide bonds. The van der Waals surface area contributed by atoms with Crippen molar-refractivity contribution in [2.75, 3.05) is 11.9 Å². The van der Waals surface area contributed by atoms with E-state index in [1.54, 1.807) is 0 Å². The number of carbonyl (C=O) groups excluding carboxylic acids is 2. The topological polar surface area (TPSA) is 69.6 Å². The Morgan fingerprint density at radius 1 is 0.771 bits per heavy atom. The van der Waals surface area contributed by atoms with Gasteiger partial charge in [-0.15, -0.1) is 0 Å². The number of hydrogen-bond donors (Lipinski definition) is 1. The van der Waals surface area contributed by atoms with Crippen LogP contribution in [0.1, 0.15) is 111 Å². The molecule has 0 aliphatic carbocycles. The monoisotopic (exact) mass is 650 g/mol. The van der Waals surface area contributed by atoms with Crippen LogP contribution in [0.3, 0.4) is 0 Å². The van der Waals surface area contributed by atoms with E-state index in [0.717, 1.165) is 35.2 Å². The molecule has 0 unspecified atom stereocenters. The van der Waals surface area contributed by atoms with Gasteiger partial charge in [-0.05, 0) is 90.0 Å². The van der Waals surface area contributed by atoms with E-state index in [1.807, 2.05) is 42.1 Å². The van der Waals surface area contributed by atoms with Crippen LogP contribution in [0, 0.1) is 11.8 Å². The number of nitrogens with zero attached hydrogens (tertiary/aromatic N) is 1. The Morgan fingerprint density at radius 2 is 1.38 bits per heavy atom. The van der Waals surface area contributed by atoms with E-state index in [1.165, 1.54) is 11.1 Å². The quantitative estimate of drug-likeness (QED) is 0.0858. The molecular formula is C42H54N2O4. The highest BCUT2D eigenvalue weighted by atomic mass is 16.5. The summed E-state index contributed by atoms with van der Waals surface area (Å²) in [7, 11) is 0. The lowest BCUT2D eigenvalue weighted by Gasteiger charge is -2.16. The van der Waals surface area contributed by atoms with E-state index in [4.69, 9.17) is 9.47 Å². The van der Waals surface area contributed by atoms with Gasteiger partial charge in [-0.2, -0.15) is 0 Å². The average Bonchev–Trinajstić information content (AvgIpc) is 3.48. The highest BCUT2D eigenvalue weighted by Crippen LogP contribution is 2.31. The lowest BCUT2D eigenvalue weighted by molar-refractivity contribution is -0.143. The first-order chi connectivity index (χ1) is 23.0. The standard InChI is InChI=1S/C42H54N2O4/c1-8-47-41(45)10-9-21-44-26-37(31(6)7)38(27-44)42(46)36-19-20-40(48-28-35-17-13-33(14-18-35)23-30(4)5)39(24-36)43-25-34-15-11-32(12-16-34)22-29(2)3/h11-20,24,26-27,29-31,43H,8-10,21-23,25,28H2,1-7H3. The minimum atomic E-state index is -0.193. The molecule has 1 N–H and O–H groups in total. The predicted molar refractivity (Wildman–Crippen MR) is 196 cm³/mol. The molecule has 0 saturated heterocycles. The summed E-state index contributed by atoms with van der Waals surface area (Å²) in [5.41, 5.74) is 7.97. The molecule has 0 bridgehead atoms. The van der Waals surface area contributed by atoms with Crippen molar-refractivity contribution < 1.29 is 19.1 Å². The third kappa shape index (κ3) is 10.9. The summed E-state index contributed by atoms with van der Waals surface area (Å²) < 4.78 is 13.5. The predicted octanol–water partition coefficient (Wildman–Crippen LogP) is 9.77. The summed E-state index contributed by atoms with van der Waals surface area (Å²) in [6.45, 7) is 17.0. The smallest absolute Gasteiger partial charge is 0.305 e. The summed E-state index contributed by atoms with van der Waals surface area (Å²) in [5, 5.41) is 3.57. The lowest BCUT2D eigenvalue weighted by atomic mass is 9.96. The third-order valence-corrected chi connectivity index (χ3v) is 8.33. The molecule has 6 nitrogen and oxygen atoms in total. The van der Waals surface area contributed by atoms with Crippen molar-refractivity contribution in [3.05, 3.63) is 118 Å². The van der Waals surface area contributed by atoms with Crippen LogP contribution < -0.4 is 10.1 Å². The van der Waals surface area contributed by atoms with Crippen LogP contribution in [-0.4, -0.2) is 22.9 Å². The Morgan fingerprint density at radius 3 is 1.96 bits per heavy atom. The molecule has 1 heterocycles. The SMILES string of the molecule is CCOC(=O)CCCn1cc(C(=O)c2ccc(OCc3ccc(CC(C)C)cc3)c(NCc3ccc(CC(C)C)cc3)c2)c(C(C)C)c1. The zero-order valence-electron chi connectivity index (χ0n) is 30.0. The van der Waals surface area contributed by atoms with Gasteiger partial charge in [0, 0.05) is 43.0 Å². The Balaban J connectivity index is 1.56. The number of benzene rings is 3. The fourth-order valence-electron chi connectivity index (χ4n) is 5.90. The molecule has 0 fully saturated rings. The molecule has 48 heavy (non-hydrogen) atoms. The van der Waals surface area contributed by atoms with Crippen LogP contribution in [0.25, 0.3) is 0 Å². The zero-order chi connectivity index (χ0) is 34.6. The van der Waals surface area contributed by atoms with Gasteiger partial charge in [0.25, 0.3) is 0 Å². The van der Waals surface area contributed by atoms with E-state index in [0.29, 0.717) is 67.9 Å². The average molecular weight is 651 g/mol. The van der Waals surface area contributed by atoms with Crippen LogP contribution in [-0.2, 0) is 42.1 Å². The summed E-state index contributed by atoms with van der Waals surface area (Å²) in [4.78, 5) is 25.9. The van der Waals surface area contributed by atoms with Crippen molar-refractivity contribution >= 4 is 17.4 Å². The van der Waals surface area contributed by atoms with Crippen molar-refractivity contribution in [2.45, 2.75) is 99.8 Å². The first-order valence-corrected chi connectivity index (χ1v) is 17.6. The van der Waals surface area contributed by atoms with Crippen molar-refractivity contribution in [3.63, 3.8) is 0 Å². The highest BCUT2D eigenvalue weighted by molar-refractivity contribution is 6.10. The molecule has 0 spiro atoms. The molecule has 6 heteroatoms. The van der Waals surface area contributed by atoms with E-state index < -0.39 is 0 Å². The maximum Gasteiger partial charge on any atom is 0.305 e. The number of aromatic nitrogens is 1. The number of nitrogens with one attached hydrogen (secondary N) is 1. The summed E-state index contributed by atoms with van der Waals surface area (Å²) >= 11 is 0. The fourth-order valence-corrected chi connectivity index (χ4v) is 5.90. The van der Waals surface area contributed by atoms with Crippen molar-refractivity contribution in [2.24, 2.45) is 11.8 Å². The Kier molecular flexibility index (Phi) is 13.5. The number of carbonyl (C=O) groups is 2. The van der Waals surface area contributed by atoms with Crippen LogP contribution >= 0.6 is 0 Å². The van der Waals surface area contributed by atoms with Crippen LogP contribution in [0.15, 0.2) is 79.1 Å². The summed E-state index contributed by atoms with van der Waals surface area (Å²) in [6.07, 6.45) is 7.07. The molecule has 0 radical (unpaired) electrons. The van der Waals surface area contributed by atoms with Gasteiger partial charge in [0.15, 0.2) is 5.78 Å². The molecular weight excluding hydrogens is 596 g/mol. The van der Waals surface area contributed by atoms with Gasteiger partial charge in [0.1, 0.15) is 12.4 Å². The number of ether oxygens (including phenoxy) is 2. The fraction of sp³-hybridized carbons (Fsp3) is 0.429. The normalized spacial score (nSPS) is 11.4. The second-order valence-corrected chi connectivity index (χ2v) is 13.9. The van der Waals surface area contributed by atoms with E-state index >= 15 is 0 Å². The molecule has 3 aromatic carbocycles. The van der Waals surface area contributed by atoms with Crippen LogP contribution in [0.4, 0.5) is 5.69 Å². The maximum atomic E-state index is 14.0. The molecule has 0 atom stereocenters. The molecule has 4 rings (SSSR count). The molecule has 256 valence electrons. The number of ketones is 1. The van der Waals surface area contributed by atoms with Gasteiger partial charge >= 0.3 is 5.97 Å². The zero-order valence-corrected chi connectivity index (χ0v) is 30.0. The first kappa shape index (κ1) is 36.5. The maximum absolute atomic E-state index is 14.0. The van der Waals surface area contributed by atoms with Gasteiger partial charge in [-0.1, -0.05) is 90.1 Å². The second-order valence-electron chi connectivity index (χ2n) is 13.9. The minimum Gasteiger partial charge on any atom is -0.487 e. The highest BCUT2D eigenvalue weighted by Gasteiger charge is 2.20. The van der Waals surface area contributed by atoms with Crippen molar-refractivity contribution in [3.8, 4) is 5.75 Å². The van der Waals surface area contributed by atoms with Crippen LogP contribution in [0.5, 0.6) is 5.75 Å². The second kappa shape index (κ2) is 17.7. The van der Waals surface area contributed by atoms with E-state index in [2.05, 4.69) is 95.4 Å². The van der Waals surface area contributed by atoms with Gasteiger partial charge in [0.05, 0.1) is 12.3 Å². The Labute approximate surface area is 287 Å². The molecule has 4 aromatic rings. The summed E-state index contributed by atoms with van der Waals surface area (Å²) in [5.74, 6) is 1.87. The van der Waals surface area contributed by atoms with Gasteiger partial charge in [-0.25, -0.2) is 0 Å². The molecule has 1 aromatic heterocycles. The van der Waals surface area contributed by atoms with E-state index in [-0.39, 0.29) is 17.7 Å². The molecule has 0 aliphatic heterocycles. The van der Waals surface area contributed by atoms with Gasteiger partial charge in [-0.3, -0.25) is 9.59 Å². The minimum absolute atomic E-state index is 0.0313. The Bertz CT molecular complexity index is 1610. The van der Waals surface area contributed by atoms with E-state index in [9.17, 15) is 9.59 Å². The number of rotatable bonds is 18. The number of anilines is 1. The largest absolute Gasteiger partial charge is 0.487 e. The molecule has 0 aliphatic rings. The first-order valence-electron chi connectivity index (χ1n) is 17.6. The van der Waals surface area contributed by atoms with Gasteiger partial charge < -0.3 is 19.4 Å². The number of aryl methyl sites for hydroxylation is 1. The van der Waals surface area contributed by atoms with Crippen LogP contribution in [0.2, 0.25) is 0 Å². The van der Waals surface area contributed by atoms with Crippen molar-refractivity contribution in [1.82, 2.24) is 4.57 Å². The number of esters is 1. The lowest BCUT2D eigenvalue weighted by Crippen LogP contribution is -2.08. The van der Waals surface area contributed by atoms with Gasteiger partial charge in [0.2, 0.25) is 0 Å². The molecule has 0 saturated carbocycles. The third-order valence-electron chi connectivity index (χ3n) is 8.33. The Hall–Kier alpha value is -4.32.